The molecule has 114 valence electrons. The molecule has 0 fully saturated rings. The Hall–Kier alpha value is -1.13. The van der Waals surface area contributed by atoms with Gasteiger partial charge in [-0.05, 0) is 43.9 Å². The maximum atomic E-state index is 13.5. The molecule has 5 heteroatoms. The van der Waals surface area contributed by atoms with Gasteiger partial charge in [0.15, 0.2) is 0 Å². The summed E-state index contributed by atoms with van der Waals surface area (Å²) in [5, 5.41) is 2.91. The molecule has 0 saturated carbocycles. The molecule has 0 bridgehead atoms. The van der Waals surface area contributed by atoms with Gasteiger partial charge in [0, 0.05) is 17.6 Å². The highest BCUT2D eigenvalue weighted by Crippen LogP contribution is 2.17. The second-order valence-electron chi connectivity index (χ2n) is 5.78. The van der Waals surface area contributed by atoms with Crippen molar-refractivity contribution in [1.29, 1.82) is 0 Å². The normalized spacial score (nSPS) is 13.6. The van der Waals surface area contributed by atoms with Crippen LogP contribution in [0.15, 0.2) is 18.2 Å². The van der Waals surface area contributed by atoms with Crippen molar-refractivity contribution < 1.29 is 9.18 Å². The van der Waals surface area contributed by atoms with E-state index in [4.69, 9.17) is 5.73 Å². The van der Waals surface area contributed by atoms with Crippen LogP contribution < -0.4 is 11.1 Å². The van der Waals surface area contributed by atoms with Crippen LogP contribution in [0.2, 0.25) is 0 Å². The molecule has 0 aliphatic carbocycles. The van der Waals surface area contributed by atoms with E-state index in [1.807, 2.05) is 6.92 Å². The zero-order chi connectivity index (χ0) is 14.6. The van der Waals surface area contributed by atoms with E-state index in [1.165, 1.54) is 6.07 Å². The minimum atomic E-state index is -0.466. The molecule has 20 heavy (non-hydrogen) atoms. The summed E-state index contributed by atoms with van der Waals surface area (Å²) in [6.45, 7) is 8.08. The highest BCUT2D eigenvalue weighted by atomic mass is 35.5. The first-order chi connectivity index (χ1) is 8.77. The fourth-order valence-corrected chi connectivity index (χ4v) is 2.17. The summed E-state index contributed by atoms with van der Waals surface area (Å²) in [6.07, 6.45) is 0.781. The van der Waals surface area contributed by atoms with E-state index in [0.29, 0.717) is 23.6 Å². The number of amides is 1. The molecule has 1 atom stereocenters. The van der Waals surface area contributed by atoms with E-state index < -0.39 is 5.54 Å². The number of aryl methyl sites for hydroxylation is 1. The molecule has 0 aromatic heterocycles. The van der Waals surface area contributed by atoms with Gasteiger partial charge in [-0.3, -0.25) is 4.79 Å². The molecule has 1 aromatic rings. The van der Waals surface area contributed by atoms with Crippen molar-refractivity contribution >= 4 is 18.3 Å². The van der Waals surface area contributed by atoms with Gasteiger partial charge in [0.25, 0.3) is 5.91 Å². The van der Waals surface area contributed by atoms with Gasteiger partial charge in [-0.1, -0.05) is 19.9 Å². The third-order valence-electron chi connectivity index (χ3n) is 3.16. The quantitative estimate of drug-likeness (QED) is 0.878. The number of nitrogens with two attached hydrogens (primary N) is 1. The van der Waals surface area contributed by atoms with Crippen LogP contribution in [0.1, 0.15) is 43.1 Å². The van der Waals surface area contributed by atoms with Gasteiger partial charge in [-0.15, -0.1) is 12.4 Å². The predicted octanol–water partition coefficient (Wildman–Crippen LogP) is 3.05. The average molecular weight is 303 g/mol. The van der Waals surface area contributed by atoms with Crippen LogP contribution in [0, 0.1) is 18.7 Å². The highest BCUT2D eigenvalue weighted by molar-refractivity contribution is 5.94. The maximum absolute atomic E-state index is 13.5. The first kappa shape index (κ1) is 18.9. The van der Waals surface area contributed by atoms with Crippen LogP contribution in [0.5, 0.6) is 0 Å². The lowest BCUT2D eigenvalue weighted by Gasteiger charge is -2.31. The summed E-state index contributed by atoms with van der Waals surface area (Å²) in [5.41, 5.74) is 6.13. The van der Waals surface area contributed by atoms with Gasteiger partial charge < -0.3 is 11.1 Å². The fourth-order valence-electron chi connectivity index (χ4n) is 2.17. The molecular formula is C15H24ClFN2O. The average Bonchev–Trinajstić information content (AvgIpc) is 2.31. The standard InChI is InChI=1S/C15H23FN2O.ClH/c1-10(2)8-15(4,9-17)18-14(19)12-6-5-11(3)13(16)7-12;/h5-7,10H,8-9,17H2,1-4H3,(H,18,19);1H. The molecule has 3 nitrogen and oxygen atoms in total. The zero-order valence-electron chi connectivity index (χ0n) is 12.5. The molecule has 0 radical (unpaired) electrons. The molecular weight excluding hydrogens is 279 g/mol. The zero-order valence-corrected chi connectivity index (χ0v) is 13.3. The van der Waals surface area contributed by atoms with Crippen molar-refractivity contribution in [3.63, 3.8) is 0 Å². The van der Waals surface area contributed by atoms with Gasteiger partial charge in [0.05, 0.1) is 0 Å². The Balaban J connectivity index is 0.00000361. The monoisotopic (exact) mass is 302 g/mol. The van der Waals surface area contributed by atoms with Crippen LogP contribution in [-0.2, 0) is 0 Å². The Bertz CT molecular complexity index is 465. The van der Waals surface area contributed by atoms with Crippen molar-refractivity contribution in [1.82, 2.24) is 5.32 Å². The topological polar surface area (TPSA) is 55.1 Å². The Morgan fingerprint density at radius 1 is 1.45 bits per heavy atom. The number of halogens is 2. The minimum Gasteiger partial charge on any atom is -0.346 e. The third-order valence-corrected chi connectivity index (χ3v) is 3.16. The second-order valence-corrected chi connectivity index (χ2v) is 5.78. The summed E-state index contributed by atoms with van der Waals surface area (Å²) in [6, 6.07) is 4.49. The van der Waals surface area contributed by atoms with Gasteiger partial charge in [-0.2, -0.15) is 0 Å². The SMILES string of the molecule is Cc1ccc(C(=O)NC(C)(CN)CC(C)C)cc1F.Cl. The van der Waals surface area contributed by atoms with Crippen LogP contribution >= 0.6 is 12.4 Å². The molecule has 1 rings (SSSR count). The van der Waals surface area contributed by atoms with Gasteiger partial charge >= 0.3 is 0 Å². The van der Waals surface area contributed by atoms with Crippen LogP contribution in [0.3, 0.4) is 0 Å². The first-order valence-electron chi connectivity index (χ1n) is 6.56. The highest BCUT2D eigenvalue weighted by Gasteiger charge is 2.26. The number of rotatable bonds is 5. The van der Waals surface area contributed by atoms with Gasteiger partial charge in [0.2, 0.25) is 0 Å². The fraction of sp³-hybridized carbons (Fsp3) is 0.533. The van der Waals surface area contributed by atoms with Crippen LogP contribution in [0.4, 0.5) is 4.39 Å². The molecule has 1 unspecified atom stereocenters. The van der Waals surface area contributed by atoms with Crippen LogP contribution in [0.25, 0.3) is 0 Å². The van der Waals surface area contributed by atoms with E-state index in [2.05, 4.69) is 19.2 Å². The molecule has 3 N–H and O–H groups in total. The predicted molar refractivity (Wildman–Crippen MR) is 82.8 cm³/mol. The van der Waals surface area contributed by atoms with E-state index in [-0.39, 0.29) is 24.1 Å². The summed E-state index contributed by atoms with van der Waals surface area (Å²) in [5.74, 6) is -0.234. The van der Waals surface area contributed by atoms with Crippen molar-refractivity contribution in [2.75, 3.05) is 6.54 Å². The van der Waals surface area contributed by atoms with Crippen molar-refractivity contribution in [2.24, 2.45) is 11.7 Å². The number of hydrogen-bond acceptors (Lipinski definition) is 2. The molecule has 0 heterocycles. The Kier molecular flexibility index (Phi) is 7.17. The van der Waals surface area contributed by atoms with Gasteiger partial charge in [-0.25, -0.2) is 4.39 Å². The molecule has 1 amide bonds. The largest absolute Gasteiger partial charge is 0.346 e. The lowest BCUT2D eigenvalue weighted by molar-refractivity contribution is 0.0898. The molecule has 0 aliphatic heterocycles. The lowest BCUT2D eigenvalue weighted by Crippen LogP contribution is -2.52. The van der Waals surface area contributed by atoms with E-state index in [0.717, 1.165) is 6.42 Å². The number of carbonyl (C=O) groups is 1. The molecule has 0 spiro atoms. The Morgan fingerprint density at radius 3 is 2.50 bits per heavy atom. The summed E-state index contributed by atoms with van der Waals surface area (Å²) < 4.78 is 13.5. The van der Waals surface area contributed by atoms with Crippen molar-refractivity contribution in [3.8, 4) is 0 Å². The Labute approximate surface area is 126 Å². The summed E-state index contributed by atoms with van der Waals surface area (Å²) in [4.78, 5) is 12.1. The number of nitrogens with one attached hydrogen (secondary N) is 1. The smallest absolute Gasteiger partial charge is 0.251 e. The Morgan fingerprint density at radius 2 is 2.05 bits per heavy atom. The second kappa shape index (κ2) is 7.60. The minimum absolute atomic E-state index is 0. The van der Waals surface area contributed by atoms with Gasteiger partial charge in [0.1, 0.15) is 5.82 Å². The molecule has 1 aromatic carbocycles. The third kappa shape index (κ3) is 5.10. The number of carbonyl (C=O) groups excluding carboxylic acids is 1. The van der Waals surface area contributed by atoms with E-state index >= 15 is 0 Å². The molecule has 0 saturated heterocycles. The summed E-state index contributed by atoms with van der Waals surface area (Å²) >= 11 is 0. The lowest BCUT2D eigenvalue weighted by atomic mass is 9.90. The van der Waals surface area contributed by atoms with Crippen molar-refractivity contribution in [2.45, 2.75) is 39.7 Å². The first-order valence-corrected chi connectivity index (χ1v) is 6.56. The van der Waals surface area contributed by atoms with E-state index in [9.17, 15) is 9.18 Å². The number of hydrogen-bond donors (Lipinski definition) is 2. The molecule has 0 aliphatic rings. The number of benzene rings is 1. The maximum Gasteiger partial charge on any atom is 0.251 e. The summed E-state index contributed by atoms with van der Waals surface area (Å²) in [7, 11) is 0. The van der Waals surface area contributed by atoms with Crippen molar-refractivity contribution in [3.05, 3.63) is 35.1 Å². The van der Waals surface area contributed by atoms with Crippen LogP contribution in [-0.4, -0.2) is 18.0 Å². The van der Waals surface area contributed by atoms with E-state index in [1.54, 1.807) is 19.1 Å².